The number of hydrogen-bond donors (Lipinski definition) is 3. The van der Waals surface area contributed by atoms with Crippen LogP contribution in [0.25, 0.3) is 0 Å². The lowest BCUT2D eigenvalue weighted by molar-refractivity contribution is -0.301. The van der Waals surface area contributed by atoms with E-state index in [4.69, 9.17) is 23.7 Å². The lowest BCUT2D eigenvalue weighted by atomic mass is 9.98. The third kappa shape index (κ3) is 40.8. The molecule has 0 aromatic carbocycles. The van der Waals surface area contributed by atoms with Crippen molar-refractivity contribution < 1.29 is 58.2 Å². The molecule has 1 aliphatic rings. The number of allylic oxidation sites excluding steroid dienone is 13. The van der Waals surface area contributed by atoms with E-state index in [9.17, 15) is 34.5 Å². The molecule has 12 heteroatoms. The highest BCUT2D eigenvalue weighted by molar-refractivity contribution is 5.74. The van der Waals surface area contributed by atoms with Crippen LogP contribution >= 0.6 is 0 Å². The number of esters is 3. The summed E-state index contributed by atoms with van der Waals surface area (Å²) >= 11 is 0. The average Bonchev–Trinajstić information content (AvgIpc) is 3.39. The van der Waals surface area contributed by atoms with Gasteiger partial charge in [-0.2, -0.15) is 0 Å². The minimum absolute atomic E-state index is 0.0162. The third-order valence-electron chi connectivity index (χ3n) is 13.0. The van der Waals surface area contributed by atoms with Crippen molar-refractivity contribution in [2.75, 3.05) is 13.2 Å². The first-order chi connectivity index (χ1) is 36.6. The molecule has 6 unspecified atom stereocenters. The lowest BCUT2D eigenvalue weighted by Gasteiger charge is -2.40. The van der Waals surface area contributed by atoms with Crippen molar-refractivity contribution in [1.82, 2.24) is 0 Å². The Kier molecular flexibility index (Phi) is 46.6. The molecule has 6 atom stereocenters. The van der Waals surface area contributed by atoms with Gasteiger partial charge in [0.15, 0.2) is 24.6 Å². The van der Waals surface area contributed by atoms with Crippen LogP contribution in [0, 0.1) is 0 Å². The number of hydrogen-bond acceptors (Lipinski definition) is 11. The molecule has 12 nitrogen and oxygen atoms in total. The van der Waals surface area contributed by atoms with Crippen LogP contribution in [0.1, 0.15) is 239 Å². The van der Waals surface area contributed by atoms with E-state index >= 15 is 0 Å². The normalized spacial score (nSPS) is 18.8. The maximum Gasteiger partial charge on any atom is 0.335 e. The van der Waals surface area contributed by atoms with Crippen molar-refractivity contribution in [1.29, 1.82) is 0 Å². The summed E-state index contributed by atoms with van der Waals surface area (Å²) in [5, 5.41) is 31.5. The van der Waals surface area contributed by atoms with Gasteiger partial charge in [-0.25, -0.2) is 4.79 Å². The van der Waals surface area contributed by atoms with Crippen LogP contribution in [0.5, 0.6) is 0 Å². The summed E-state index contributed by atoms with van der Waals surface area (Å²) in [6.07, 6.45) is 52.9. The Labute approximate surface area is 454 Å². The molecule has 0 radical (unpaired) electrons. The van der Waals surface area contributed by atoms with Crippen molar-refractivity contribution >= 4 is 23.9 Å². The van der Waals surface area contributed by atoms with Gasteiger partial charge in [0.05, 0.1) is 13.0 Å². The molecule has 0 aliphatic carbocycles. The molecule has 0 spiro atoms. The van der Waals surface area contributed by atoms with E-state index in [0.717, 1.165) is 103 Å². The number of carbonyl (C=O) groups is 4. The molecule has 0 saturated carbocycles. The van der Waals surface area contributed by atoms with Crippen molar-refractivity contribution in [3.8, 4) is 0 Å². The molecule has 0 aromatic rings. The zero-order valence-corrected chi connectivity index (χ0v) is 47.0. The molecule has 1 heterocycles. The highest BCUT2D eigenvalue weighted by Gasteiger charge is 2.50. The van der Waals surface area contributed by atoms with Crippen LogP contribution in [-0.4, -0.2) is 89.2 Å². The molecule has 1 aliphatic heterocycles. The quantitative estimate of drug-likeness (QED) is 0.0228. The second-order valence-electron chi connectivity index (χ2n) is 19.9. The Balaban J connectivity index is 2.74. The Morgan fingerprint density at radius 2 is 0.880 bits per heavy atom. The van der Waals surface area contributed by atoms with Crippen molar-refractivity contribution in [2.24, 2.45) is 0 Å². The first kappa shape index (κ1) is 68.9. The summed E-state index contributed by atoms with van der Waals surface area (Å²) in [6, 6.07) is 0. The summed E-state index contributed by atoms with van der Waals surface area (Å²) in [5.41, 5.74) is 0. The number of ether oxygens (including phenoxy) is 5. The maximum atomic E-state index is 13.1. The Morgan fingerprint density at radius 1 is 0.467 bits per heavy atom. The number of unbranched alkanes of at least 4 members (excludes halogenated alkanes) is 22. The van der Waals surface area contributed by atoms with E-state index in [-0.39, 0.29) is 25.9 Å². The summed E-state index contributed by atoms with van der Waals surface area (Å²) in [5.74, 6) is -3.29. The molecule has 1 saturated heterocycles. The van der Waals surface area contributed by atoms with Crippen LogP contribution in [0.2, 0.25) is 0 Å². The Hall–Kier alpha value is -4.10. The highest BCUT2D eigenvalue weighted by Crippen LogP contribution is 2.26. The van der Waals surface area contributed by atoms with Gasteiger partial charge < -0.3 is 39.0 Å². The first-order valence-electron chi connectivity index (χ1n) is 29.6. The standard InChI is InChI=1S/C63H104O12/c1-4-7-10-13-16-19-22-25-27-28-30-33-36-39-42-45-48-51-57(66)74-61-59(68)58(67)60(62(69)70)75-63(61)72-53-54(73-56(65)50-47-44-41-38-35-31-24-21-18-15-12-9-6-3)52-71-55(64)49-46-43-40-37-34-32-29-26-23-20-17-14-11-8-5-2/h8,11,16-17,19-20,25-27,29,34,37,43,46,54,58-61,63,67-68H,4-7,9-10,12-15,18,21-24,28,30-33,35-36,38-42,44-45,47-53H2,1-3H3,(H,69,70)/b11-8-,19-16-,20-17-,27-25-,29-26-,37-34-,46-43-. The number of rotatable bonds is 49. The fourth-order valence-corrected chi connectivity index (χ4v) is 8.47. The van der Waals surface area contributed by atoms with Gasteiger partial charge >= 0.3 is 23.9 Å². The zero-order chi connectivity index (χ0) is 54.7. The molecule has 75 heavy (non-hydrogen) atoms. The summed E-state index contributed by atoms with van der Waals surface area (Å²) in [6.45, 7) is 5.76. The second kappa shape index (κ2) is 50.7. The predicted molar refractivity (Wildman–Crippen MR) is 303 cm³/mol. The molecule has 428 valence electrons. The molecular formula is C63H104O12. The van der Waals surface area contributed by atoms with Gasteiger partial charge in [0.1, 0.15) is 18.8 Å². The van der Waals surface area contributed by atoms with Crippen LogP contribution in [0.3, 0.4) is 0 Å². The van der Waals surface area contributed by atoms with Gasteiger partial charge in [-0.15, -0.1) is 0 Å². The number of aliphatic hydroxyl groups is 2. The number of carbonyl (C=O) groups excluding carboxylic acids is 3. The van der Waals surface area contributed by atoms with Crippen LogP contribution in [-0.2, 0) is 42.9 Å². The van der Waals surface area contributed by atoms with Crippen molar-refractivity contribution in [3.05, 3.63) is 85.1 Å². The molecular weight excluding hydrogens is 949 g/mol. The van der Waals surface area contributed by atoms with Gasteiger partial charge in [0, 0.05) is 12.8 Å². The van der Waals surface area contributed by atoms with Crippen LogP contribution < -0.4 is 0 Å². The van der Waals surface area contributed by atoms with E-state index in [1.807, 2.05) is 12.2 Å². The van der Waals surface area contributed by atoms with Gasteiger partial charge in [0.2, 0.25) is 0 Å². The van der Waals surface area contributed by atoms with Crippen molar-refractivity contribution in [2.45, 2.75) is 276 Å². The molecule has 0 amide bonds. The molecule has 0 bridgehead atoms. The van der Waals surface area contributed by atoms with Gasteiger partial charge in [0.25, 0.3) is 0 Å². The van der Waals surface area contributed by atoms with E-state index in [2.05, 4.69) is 87.6 Å². The highest BCUT2D eigenvalue weighted by atomic mass is 16.7. The van der Waals surface area contributed by atoms with E-state index < -0.39 is 67.3 Å². The van der Waals surface area contributed by atoms with E-state index in [0.29, 0.717) is 19.3 Å². The van der Waals surface area contributed by atoms with Gasteiger partial charge in [-0.1, -0.05) is 228 Å². The zero-order valence-electron chi connectivity index (χ0n) is 47.0. The maximum absolute atomic E-state index is 13.1. The van der Waals surface area contributed by atoms with Crippen LogP contribution in [0.15, 0.2) is 85.1 Å². The smallest absolute Gasteiger partial charge is 0.335 e. The topological polar surface area (TPSA) is 175 Å². The SMILES string of the molecule is CC/C=C\C/C=C\C/C=C\C/C=C\C/C=C\CC(=O)OCC(COC1OC(C(=O)O)C(O)C(O)C1OC(=O)CCCCCCCCC/C=C\C/C=C\CCCCC)OC(=O)CCCCCCCCCCCCCCC. The number of carboxylic acids is 1. The molecule has 1 rings (SSSR count). The summed E-state index contributed by atoms with van der Waals surface area (Å²) < 4.78 is 28.3. The van der Waals surface area contributed by atoms with Gasteiger partial charge in [-0.3, -0.25) is 14.4 Å². The Bertz CT molecular complexity index is 1630. The van der Waals surface area contributed by atoms with E-state index in [1.165, 1.54) is 77.0 Å². The fourth-order valence-electron chi connectivity index (χ4n) is 8.47. The molecule has 0 aromatic heterocycles. The lowest BCUT2D eigenvalue weighted by Crippen LogP contribution is -2.61. The number of aliphatic hydroxyl groups excluding tert-OH is 2. The first-order valence-corrected chi connectivity index (χ1v) is 29.6. The number of carboxylic acid groups (broad SMARTS) is 1. The monoisotopic (exact) mass is 1050 g/mol. The second-order valence-corrected chi connectivity index (χ2v) is 19.9. The van der Waals surface area contributed by atoms with Crippen molar-refractivity contribution in [3.63, 3.8) is 0 Å². The van der Waals surface area contributed by atoms with E-state index in [1.54, 1.807) is 6.08 Å². The molecule has 3 N–H and O–H groups in total. The molecule has 1 fully saturated rings. The number of aliphatic carboxylic acids is 1. The third-order valence-corrected chi connectivity index (χ3v) is 13.0. The largest absolute Gasteiger partial charge is 0.479 e. The fraction of sp³-hybridized carbons (Fsp3) is 0.714. The van der Waals surface area contributed by atoms with Crippen LogP contribution in [0.4, 0.5) is 0 Å². The van der Waals surface area contributed by atoms with Gasteiger partial charge in [-0.05, 0) is 77.0 Å². The summed E-state index contributed by atoms with van der Waals surface area (Å²) in [4.78, 5) is 51.0. The minimum Gasteiger partial charge on any atom is -0.479 e. The average molecular weight is 1050 g/mol. The minimum atomic E-state index is -1.92. The Morgan fingerprint density at radius 3 is 1.37 bits per heavy atom. The predicted octanol–water partition coefficient (Wildman–Crippen LogP) is 15.1. The summed E-state index contributed by atoms with van der Waals surface area (Å²) in [7, 11) is 0.